The van der Waals surface area contributed by atoms with E-state index in [1.807, 2.05) is 12.1 Å². The van der Waals surface area contributed by atoms with E-state index in [2.05, 4.69) is 59.8 Å². The van der Waals surface area contributed by atoms with E-state index in [1.165, 1.54) is 48.1 Å². The molecule has 1 fully saturated rings. The van der Waals surface area contributed by atoms with Gasteiger partial charge in [-0.2, -0.15) is 0 Å². The van der Waals surface area contributed by atoms with E-state index in [-0.39, 0.29) is 0 Å². The monoisotopic (exact) mass is 459 g/mol. The fourth-order valence-corrected chi connectivity index (χ4v) is 5.10. The Hall–Kier alpha value is -1.72. The topological polar surface area (TPSA) is 20.6 Å². The van der Waals surface area contributed by atoms with E-state index >= 15 is 0 Å². The zero-order valence-corrected chi connectivity index (χ0v) is 20.1. The number of benzene rings is 2. The predicted molar refractivity (Wildman–Crippen MR) is 131 cm³/mol. The lowest BCUT2D eigenvalue weighted by molar-refractivity contribution is 0.145. The summed E-state index contributed by atoms with van der Waals surface area (Å²) >= 11 is 12.4. The van der Waals surface area contributed by atoms with Crippen molar-refractivity contribution < 1.29 is 4.74 Å². The lowest BCUT2D eigenvalue weighted by Gasteiger charge is -2.35. The summed E-state index contributed by atoms with van der Waals surface area (Å²) in [5, 5.41) is 2.46. The number of piperidine rings is 1. The van der Waals surface area contributed by atoms with Crippen LogP contribution in [0.5, 0.6) is 5.75 Å². The lowest BCUT2D eigenvalue weighted by atomic mass is 10.0. The van der Waals surface area contributed by atoms with Crippen molar-refractivity contribution in [2.75, 3.05) is 33.7 Å². The van der Waals surface area contributed by atoms with Crippen molar-refractivity contribution in [3.05, 3.63) is 63.8 Å². The molecule has 1 saturated heterocycles. The lowest BCUT2D eigenvalue weighted by Crippen LogP contribution is -2.42. The Morgan fingerprint density at radius 1 is 1.06 bits per heavy atom. The molecule has 6 heteroatoms. The molecular weight excluding hydrogens is 429 g/mol. The van der Waals surface area contributed by atoms with Gasteiger partial charge < -0.3 is 19.1 Å². The maximum Gasteiger partial charge on any atom is 0.138 e. The van der Waals surface area contributed by atoms with Gasteiger partial charge in [-0.3, -0.25) is 0 Å². The average molecular weight is 460 g/mol. The SMILES string of the molecule is CN1CCC(N(C)CCc2c(COc3ccc(Cl)cc3Cl)n(C)c3ccccc23)CC1. The van der Waals surface area contributed by atoms with Crippen LogP contribution < -0.4 is 4.74 Å². The zero-order valence-electron chi connectivity index (χ0n) is 18.6. The molecule has 0 radical (unpaired) electrons. The van der Waals surface area contributed by atoms with Crippen molar-refractivity contribution >= 4 is 34.1 Å². The van der Waals surface area contributed by atoms with Gasteiger partial charge in [0.2, 0.25) is 0 Å². The number of para-hydroxylation sites is 1. The first kappa shape index (κ1) is 22.5. The van der Waals surface area contributed by atoms with Gasteiger partial charge >= 0.3 is 0 Å². The van der Waals surface area contributed by atoms with E-state index in [0.717, 1.165) is 13.0 Å². The second-order valence-corrected chi connectivity index (χ2v) is 9.47. The molecule has 4 nitrogen and oxygen atoms in total. The minimum absolute atomic E-state index is 0.472. The Labute approximate surface area is 195 Å². The number of aromatic nitrogens is 1. The Balaban J connectivity index is 1.54. The second-order valence-electron chi connectivity index (χ2n) is 8.63. The van der Waals surface area contributed by atoms with Gasteiger partial charge in [0.25, 0.3) is 0 Å². The van der Waals surface area contributed by atoms with Gasteiger partial charge in [-0.25, -0.2) is 0 Å². The van der Waals surface area contributed by atoms with Crippen LogP contribution in [0.25, 0.3) is 10.9 Å². The summed E-state index contributed by atoms with van der Waals surface area (Å²) in [7, 11) is 6.60. The smallest absolute Gasteiger partial charge is 0.138 e. The molecule has 3 aromatic rings. The molecule has 2 heterocycles. The Morgan fingerprint density at radius 3 is 2.55 bits per heavy atom. The van der Waals surface area contributed by atoms with Crippen LogP contribution in [0.1, 0.15) is 24.1 Å². The van der Waals surface area contributed by atoms with Gasteiger partial charge in [-0.15, -0.1) is 0 Å². The van der Waals surface area contributed by atoms with Gasteiger partial charge in [0.05, 0.1) is 10.7 Å². The number of halogens is 2. The third-order valence-electron chi connectivity index (χ3n) is 6.63. The van der Waals surface area contributed by atoms with Crippen LogP contribution in [0, 0.1) is 0 Å². The molecule has 2 aromatic carbocycles. The molecule has 0 bridgehead atoms. The van der Waals surface area contributed by atoms with Crippen LogP contribution in [0.3, 0.4) is 0 Å². The summed E-state index contributed by atoms with van der Waals surface area (Å²) in [6.07, 6.45) is 3.48. The molecule has 0 saturated carbocycles. The molecule has 0 spiro atoms. The molecule has 1 aromatic heterocycles. The number of rotatable bonds is 7. The van der Waals surface area contributed by atoms with Crippen molar-refractivity contribution in [2.24, 2.45) is 7.05 Å². The normalized spacial score (nSPS) is 15.8. The molecule has 166 valence electrons. The van der Waals surface area contributed by atoms with Crippen LogP contribution in [-0.4, -0.2) is 54.1 Å². The number of nitrogens with zero attached hydrogens (tertiary/aromatic N) is 3. The van der Waals surface area contributed by atoms with Crippen molar-refractivity contribution in [3.8, 4) is 5.75 Å². The van der Waals surface area contributed by atoms with Crippen molar-refractivity contribution in [1.29, 1.82) is 0 Å². The van der Waals surface area contributed by atoms with Gasteiger partial charge in [-0.1, -0.05) is 41.4 Å². The van der Waals surface area contributed by atoms with Crippen LogP contribution in [0.15, 0.2) is 42.5 Å². The molecule has 1 aliphatic heterocycles. The number of hydrogen-bond acceptors (Lipinski definition) is 3. The summed E-state index contributed by atoms with van der Waals surface area (Å²) < 4.78 is 8.39. The average Bonchev–Trinajstić information content (AvgIpc) is 3.03. The molecule has 4 rings (SSSR count). The minimum Gasteiger partial charge on any atom is -0.486 e. The quantitative estimate of drug-likeness (QED) is 0.456. The number of likely N-dealkylation sites (N-methyl/N-ethyl adjacent to an activating group) is 1. The Bertz CT molecular complexity index is 1040. The van der Waals surface area contributed by atoms with Crippen molar-refractivity contribution in [2.45, 2.75) is 31.9 Å². The highest BCUT2D eigenvalue weighted by atomic mass is 35.5. The molecular formula is C25H31Cl2N3O. The molecule has 0 N–H and O–H groups in total. The van der Waals surface area contributed by atoms with Crippen molar-refractivity contribution in [3.63, 3.8) is 0 Å². The largest absolute Gasteiger partial charge is 0.486 e. The van der Waals surface area contributed by atoms with E-state index < -0.39 is 0 Å². The Morgan fingerprint density at radius 2 is 1.81 bits per heavy atom. The van der Waals surface area contributed by atoms with E-state index in [1.54, 1.807) is 6.07 Å². The van der Waals surface area contributed by atoms with Crippen LogP contribution in [-0.2, 0) is 20.1 Å². The van der Waals surface area contributed by atoms with E-state index in [4.69, 9.17) is 27.9 Å². The summed E-state index contributed by atoms with van der Waals surface area (Å²) in [4.78, 5) is 4.96. The van der Waals surface area contributed by atoms with E-state index in [0.29, 0.717) is 28.4 Å². The molecule has 31 heavy (non-hydrogen) atoms. The van der Waals surface area contributed by atoms with Gasteiger partial charge in [0.15, 0.2) is 0 Å². The summed E-state index contributed by atoms with van der Waals surface area (Å²) in [5.74, 6) is 0.658. The summed E-state index contributed by atoms with van der Waals surface area (Å²) in [6.45, 7) is 3.88. The zero-order chi connectivity index (χ0) is 22.0. The van der Waals surface area contributed by atoms with Crippen LogP contribution in [0.2, 0.25) is 10.0 Å². The highest BCUT2D eigenvalue weighted by Crippen LogP contribution is 2.31. The third kappa shape index (κ3) is 5.04. The van der Waals surface area contributed by atoms with Crippen LogP contribution >= 0.6 is 23.2 Å². The second kappa shape index (κ2) is 9.83. The number of hydrogen-bond donors (Lipinski definition) is 0. The number of fused-ring (bicyclic) bond motifs is 1. The first-order valence-corrected chi connectivity index (χ1v) is 11.7. The highest BCUT2D eigenvalue weighted by molar-refractivity contribution is 6.35. The number of ether oxygens (including phenoxy) is 1. The van der Waals surface area contributed by atoms with Crippen molar-refractivity contribution in [1.82, 2.24) is 14.4 Å². The fourth-order valence-electron chi connectivity index (χ4n) is 4.63. The first-order valence-electron chi connectivity index (χ1n) is 11.0. The first-order chi connectivity index (χ1) is 14.9. The van der Waals surface area contributed by atoms with Gasteiger partial charge in [0.1, 0.15) is 12.4 Å². The Kier molecular flexibility index (Phi) is 7.12. The van der Waals surface area contributed by atoms with Crippen LogP contribution in [0.4, 0.5) is 0 Å². The maximum absolute atomic E-state index is 6.33. The molecule has 0 amide bonds. The maximum atomic E-state index is 6.33. The molecule has 1 aliphatic rings. The summed E-state index contributed by atoms with van der Waals surface area (Å²) in [5.41, 5.74) is 3.80. The molecule has 0 unspecified atom stereocenters. The predicted octanol–water partition coefficient (Wildman–Crippen LogP) is 5.63. The van der Waals surface area contributed by atoms with E-state index in [9.17, 15) is 0 Å². The number of likely N-dealkylation sites (tertiary alicyclic amines) is 1. The molecule has 0 aliphatic carbocycles. The number of aryl methyl sites for hydroxylation is 1. The summed E-state index contributed by atoms with van der Waals surface area (Å²) in [6, 6.07) is 14.6. The van der Waals surface area contributed by atoms with Gasteiger partial charge in [0, 0.05) is 35.6 Å². The molecule has 0 atom stereocenters. The standard InChI is InChI=1S/C25H31Cl2N3O/c1-28-13-10-19(11-14-28)29(2)15-12-21-20-6-4-5-7-23(20)30(3)24(21)17-31-25-9-8-18(26)16-22(25)27/h4-9,16,19H,10-15,17H2,1-3H3. The fraction of sp³-hybridized carbons (Fsp3) is 0.440. The van der Waals surface area contributed by atoms with Gasteiger partial charge in [-0.05, 0) is 76.3 Å². The third-order valence-corrected chi connectivity index (χ3v) is 7.16. The minimum atomic E-state index is 0.472. The highest BCUT2D eigenvalue weighted by Gasteiger charge is 2.22.